The Kier molecular flexibility index (Phi) is 7.64. The molecule has 0 saturated carbocycles. The molecule has 0 bridgehead atoms. The van der Waals surface area contributed by atoms with Gasteiger partial charge in [-0.1, -0.05) is 11.6 Å². The maximum absolute atomic E-state index is 12.6. The fourth-order valence-corrected chi connectivity index (χ4v) is 1.00. The van der Waals surface area contributed by atoms with Crippen molar-refractivity contribution in [3.63, 3.8) is 0 Å². The maximum Gasteiger partial charge on any atom is 0.275 e. The predicted octanol–water partition coefficient (Wildman–Crippen LogP) is 3.73. The smallest absolute Gasteiger partial charge is 0.275 e. The molecule has 1 heterocycles. The van der Waals surface area contributed by atoms with E-state index in [0.29, 0.717) is 6.20 Å². The van der Waals surface area contributed by atoms with Gasteiger partial charge < -0.3 is 6.15 Å². The number of rotatable bonds is 2. The predicted molar refractivity (Wildman–Crippen MR) is 51.3 cm³/mol. The van der Waals surface area contributed by atoms with Crippen molar-refractivity contribution < 1.29 is 17.6 Å². The molecule has 0 fully saturated rings. The summed E-state index contributed by atoms with van der Waals surface area (Å²) in [7, 11) is 0. The molecule has 0 saturated heterocycles. The van der Waals surface area contributed by atoms with Gasteiger partial charge in [-0.2, -0.15) is 0 Å². The van der Waals surface area contributed by atoms with Gasteiger partial charge in [0.2, 0.25) is 6.17 Å². The first kappa shape index (κ1) is 16.8. The lowest BCUT2D eigenvalue weighted by Gasteiger charge is -2.07. The Balaban J connectivity index is 0. The second kappa shape index (κ2) is 6.81. The summed E-state index contributed by atoms with van der Waals surface area (Å²) in [6, 6.07) is 0.735. The summed E-state index contributed by atoms with van der Waals surface area (Å²) >= 11 is 5.29. The molecule has 88 valence electrons. The van der Waals surface area contributed by atoms with E-state index >= 15 is 0 Å². The Morgan fingerprint density at radius 3 is 2.20 bits per heavy atom. The van der Waals surface area contributed by atoms with Crippen molar-refractivity contribution in [1.29, 1.82) is 0 Å². The topological polar surface area (TPSA) is 47.9 Å². The zero-order valence-electron chi connectivity index (χ0n) is 7.26. The van der Waals surface area contributed by atoms with Crippen LogP contribution in [-0.2, 0) is 0 Å². The fourth-order valence-electron chi connectivity index (χ4n) is 0.747. The van der Waals surface area contributed by atoms with Crippen LogP contribution in [-0.4, -0.2) is 11.4 Å². The third-order valence-corrected chi connectivity index (χ3v) is 1.62. The van der Waals surface area contributed by atoms with Gasteiger partial charge >= 0.3 is 0 Å². The Hall–Kier alpha value is -0.590. The zero-order valence-corrected chi connectivity index (χ0v) is 8.83. The van der Waals surface area contributed by atoms with Gasteiger partial charge in [-0.3, -0.25) is 4.98 Å². The van der Waals surface area contributed by atoms with Crippen molar-refractivity contribution in [2.75, 3.05) is 0 Å². The molecule has 1 aromatic rings. The number of hydrogen-bond acceptors (Lipinski definition) is 2. The number of hydrogen-bond donors (Lipinski definition) is 1. The van der Waals surface area contributed by atoms with Crippen LogP contribution in [0.2, 0.25) is 5.02 Å². The van der Waals surface area contributed by atoms with Crippen LogP contribution in [0.25, 0.3) is 0 Å². The molecule has 8 heteroatoms. The average molecular weight is 267 g/mol. The maximum atomic E-state index is 12.6. The first-order chi connectivity index (χ1) is 6.02. The van der Waals surface area contributed by atoms with Gasteiger partial charge in [-0.05, 0) is 6.07 Å². The van der Waals surface area contributed by atoms with Gasteiger partial charge in [0.1, 0.15) is 5.82 Å². The molecule has 0 amide bonds. The molecule has 0 aliphatic heterocycles. The monoisotopic (exact) mass is 266 g/mol. The molecule has 0 spiro atoms. The lowest BCUT2D eigenvalue weighted by atomic mass is 10.2. The molecule has 1 aromatic heterocycles. The molecule has 1 rings (SSSR count). The molecular weight excluding hydrogens is 259 g/mol. The van der Waals surface area contributed by atoms with Gasteiger partial charge in [-0.25, -0.2) is 17.6 Å². The normalized spacial score (nSPS) is 11.6. The number of aromatic nitrogens is 1. The molecule has 0 aliphatic carbocycles. The van der Waals surface area contributed by atoms with Crippen LogP contribution in [0.4, 0.5) is 17.6 Å². The van der Waals surface area contributed by atoms with Crippen molar-refractivity contribution >= 4 is 24.0 Å². The summed E-state index contributed by atoms with van der Waals surface area (Å²) in [6.07, 6.45) is -5.15. The largest absolute Gasteiger partial charge is 0.344 e. The summed E-state index contributed by atoms with van der Waals surface area (Å²) in [5, 5.41) is -0.437. The van der Waals surface area contributed by atoms with Crippen LogP contribution in [0, 0.1) is 5.82 Å². The summed E-state index contributed by atoms with van der Waals surface area (Å²) in [6.45, 7) is 0. The molecule has 0 aliphatic rings. The van der Waals surface area contributed by atoms with E-state index in [9.17, 15) is 17.6 Å². The van der Waals surface area contributed by atoms with E-state index in [4.69, 9.17) is 11.6 Å². The quantitative estimate of drug-likeness (QED) is 0.830. The van der Waals surface area contributed by atoms with Crippen LogP contribution >= 0.6 is 24.0 Å². The molecule has 0 radical (unpaired) electrons. The molecule has 15 heavy (non-hydrogen) atoms. The zero-order chi connectivity index (χ0) is 10.0. The minimum absolute atomic E-state index is 0. The van der Waals surface area contributed by atoms with Gasteiger partial charge in [-0.15, -0.1) is 12.4 Å². The first-order valence-corrected chi connectivity index (χ1v) is 3.63. The number of pyridine rings is 1. The van der Waals surface area contributed by atoms with E-state index in [2.05, 4.69) is 4.98 Å². The highest BCUT2D eigenvalue weighted by Gasteiger charge is 2.25. The third-order valence-electron chi connectivity index (χ3n) is 1.32. The minimum Gasteiger partial charge on any atom is -0.344 e. The van der Waals surface area contributed by atoms with E-state index < -0.39 is 29.1 Å². The van der Waals surface area contributed by atoms with Crippen molar-refractivity contribution in [3.8, 4) is 0 Å². The van der Waals surface area contributed by atoms with Gasteiger partial charge in [0.15, 0.2) is 0 Å². The van der Waals surface area contributed by atoms with Crippen LogP contribution in [0.5, 0.6) is 0 Å². The lowest BCUT2D eigenvalue weighted by Crippen LogP contribution is -2.06. The average Bonchev–Trinajstić information content (AvgIpc) is 2.03. The summed E-state index contributed by atoms with van der Waals surface area (Å²) < 4.78 is 48.6. The second-order valence-electron chi connectivity index (χ2n) is 2.26. The minimum atomic E-state index is -3.21. The second-order valence-corrected chi connectivity index (χ2v) is 2.66. The van der Waals surface area contributed by atoms with Gasteiger partial charge in [0.05, 0.1) is 16.9 Å². The Morgan fingerprint density at radius 2 is 1.80 bits per heavy atom. The highest BCUT2D eigenvalue weighted by Crippen LogP contribution is 2.28. The van der Waals surface area contributed by atoms with Crippen LogP contribution < -0.4 is 6.15 Å². The van der Waals surface area contributed by atoms with Gasteiger partial charge in [0.25, 0.3) is 6.43 Å². The van der Waals surface area contributed by atoms with E-state index in [0.717, 1.165) is 6.07 Å². The Bertz CT molecular complexity index is 311. The molecular formula is C7H8Cl2F4N2. The Labute approximate surface area is 94.6 Å². The SMILES string of the molecule is Cl.Fc1cnc([C@@H](F)C(F)F)c(Cl)c1.N. The molecule has 1 atom stereocenters. The van der Waals surface area contributed by atoms with Crippen molar-refractivity contribution in [3.05, 3.63) is 28.8 Å². The van der Waals surface area contributed by atoms with E-state index in [1.807, 2.05) is 0 Å². The van der Waals surface area contributed by atoms with Crippen LogP contribution in [0.3, 0.4) is 0 Å². The molecule has 3 N–H and O–H groups in total. The lowest BCUT2D eigenvalue weighted by molar-refractivity contribution is 0.0472. The summed E-state index contributed by atoms with van der Waals surface area (Å²) in [5.41, 5.74) is -0.641. The van der Waals surface area contributed by atoms with Crippen molar-refractivity contribution in [2.45, 2.75) is 12.6 Å². The highest BCUT2D eigenvalue weighted by atomic mass is 35.5. The van der Waals surface area contributed by atoms with E-state index in [1.165, 1.54) is 0 Å². The Morgan fingerprint density at radius 1 is 1.27 bits per heavy atom. The van der Waals surface area contributed by atoms with Crippen LogP contribution in [0.15, 0.2) is 12.3 Å². The highest BCUT2D eigenvalue weighted by molar-refractivity contribution is 6.31. The van der Waals surface area contributed by atoms with Gasteiger partial charge in [0, 0.05) is 0 Å². The number of nitrogens with zero attached hydrogens (tertiary/aromatic N) is 1. The van der Waals surface area contributed by atoms with E-state index in [-0.39, 0.29) is 18.6 Å². The molecule has 0 aromatic carbocycles. The number of alkyl halides is 3. The molecule has 0 unspecified atom stereocenters. The fraction of sp³-hybridized carbons (Fsp3) is 0.286. The first-order valence-electron chi connectivity index (χ1n) is 3.25. The van der Waals surface area contributed by atoms with E-state index in [1.54, 1.807) is 0 Å². The third kappa shape index (κ3) is 4.19. The van der Waals surface area contributed by atoms with Crippen molar-refractivity contribution in [2.24, 2.45) is 0 Å². The molecule has 2 nitrogen and oxygen atoms in total. The summed E-state index contributed by atoms with van der Waals surface area (Å²) in [4.78, 5) is 3.14. The number of halogens is 6. The van der Waals surface area contributed by atoms with Crippen molar-refractivity contribution in [1.82, 2.24) is 11.1 Å². The summed E-state index contributed by atoms with van der Waals surface area (Å²) in [5.74, 6) is -0.796. The standard InChI is InChI=1S/C7H4ClF4N.ClH.H3N/c8-4-1-3(9)2-13-6(4)5(10)7(11)12;;/h1-2,5,7H;1H;1H3/t5-;;/m1../s1. The van der Waals surface area contributed by atoms with Crippen LogP contribution in [0.1, 0.15) is 11.9 Å².